The van der Waals surface area contributed by atoms with E-state index in [9.17, 15) is 0 Å². The van der Waals surface area contributed by atoms with E-state index in [1.165, 1.54) is 5.56 Å². The second-order valence-electron chi connectivity index (χ2n) is 4.45. The third kappa shape index (κ3) is 2.85. The molecule has 0 atom stereocenters. The molecule has 2 aromatic rings. The molecule has 0 saturated carbocycles. The van der Waals surface area contributed by atoms with E-state index >= 15 is 0 Å². The molecule has 0 fully saturated rings. The molecule has 1 aliphatic heterocycles. The summed E-state index contributed by atoms with van der Waals surface area (Å²) < 4.78 is 12.3. The SMILES string of the molecule is Cn1cnc(CCNCc2ccc3c(c2)OCO3)n1. The summed E-state index contributed by atoms with van der Waals surface area (Å²) in [4.78, 5) is 4.18. The van der Waals surface area contributed by atoms with Gasteiger partial charge >= 0.3 is 0 Å². The van der Waals surface area contributed by atoms with Gasteiger partial charge in [0.25, 0.3) is 0 Å². The molecule has 1 aliphatic rings. The molecule has 0 aliphatic carbocycles. The minimum Gasteiger partial charge on any atom is -0.454 e. The van der Waals surface area contributed by atoms with Crippen LogP contribution in [0.2, 0.25) is 0 Å². The quantitative estimate of drug-likeness (QED) is 0.808. The first-order valence-electron chi connectivity index (χ1n) is 6.25. The Bertz CT molecular complexity index is 568. The molecular weight excluding hydrogens is 244 g/mol. The highest BCUT2D eigenvalue weighted by atomic mass is 16.7. The largest absolute Gasteiger partial charge is 0.454 e. The number of fused-ring (bicyclic) bond motifs is 1. The monoisotopic (exact) mass is 260 g/mol. The zero-order valence-electron chi connectivity index (χ0n) is 10.8. The van der Waals surface area contributed by atoms with E-state index in [2.05, 4.69) is 15.4 Å². The molecule has 19 heavy (non-hydrogen) atoms. The van der Waals surface area contributed by atoms with Gasteiger partial charge in [0.1, 0.15) is 6.33 Å². The lowest BCUT2D eigenvalue weighted by Crippen LogP contribution is -2.17. The average molecular weight is 260 g/mol. The van der Waals surface area contributed by atoms with Gasteiger partial charge in [0.05, 0.1) is 0 Å². The number of aromatic nitrogens is 3. The zero-order chi connectivity index (χ0) is 13.1. The molecule has 0 spiro atoms. The molecule has 0 unspecified atom stereocenters. The van der Waals surface area contributed by atoms with Gasteiger partial charge in [-0.15, -0.1) is 0 Å². The molecule has 0 amide bonds. The fourth-order valence-corrected chi connectivity index (χ4v) is 1.98. The molecular formula is C13H16N4O2. The molecule has 6 heteroatoms. The Labute approximate surface area is 111 Å². The Kier molecular flexibility index (Phi) is 3.33. The summed E-state index contributed by atoms with van der Waals surface area (Å²) in [5, 5.41) is 7.60. The second kappa shape index (κ2) is 5.27. The molecule has 100 valence electrons. The number of rotatable bonds is 5. The zero-order valence-corrected chi connectivity index (χ0v) is 10.8. The van der Waals surface area contributed by atoms with Crippen LogP contribution in [0, 0.1) is 0 Å². The summed E-state index contributed by atoms with van der Waals surface area (Å²) in [7, 11) is 1.87. The van der Waals surface area contributed by atoms with Crippen molar-refractivity contribution in [2.75, 3.05) is 13.3 Å². The van der Waals surface area contributed by atoms with Crippen LogP contribution in [0.1, 0.15) is 11.4 Å². The molecule has 0 bridgehead atoms. The Morgan fingerprint density at radius 1 is 1.32 bits per heavy atom. The summed E-state index contributed by atoms with van der Waals surface area (Å²) in [6.07, 6.45) is 2.54. The predicted octanol–water partition coefficient (Wildman–Crippen LogP) is 0.876. The molecule has 6 nitrogen and oxygen atoms in total. The van der Waals surface area contributed by atoms with Gasteiger partial charge in [0.15, 0.2) is 17.3 Å². The highest BCUT2D eigenvalue weighted by Crippen LogP contribution is 2.32. The van der Waals surface area contributed by atoms with Crippen molar-refractivity contribution >= 4 is 0 Å². The molecule has 1 aromatic carbocycles. The second-order valence-corrected chi connectivity index (χ2v) is 4.45. The molecule has 3 rings (SSSR count). The highest BCUT2D eigenvalue weighted by molar-refractivity contribution is 5.44. The van der Waals surface area contributed by atoms with Gasteiger partial charge in [-0.05, 0) is 17.7 Å². The maximum Gasteiger partial charge on any atom is 0.231 e. The fourth-order valence-electron chi connectivity index (χ4n) is 1.98. The first kappa shape index (κ1) is 12.0. The molecule has 2 heterocycles. The van der Waals surface area contributed by atoms with Gasteiger partial charge in [0, 0.05) is 26.6 Å². The minimum atomic E-state index is 0.317. The van der Waals surface area contributed by atoms with E-state index in [1.807, 2.05) is 25.2 Å². The average Bonchev–Trinajstić information content (AvgIpc) is 3.03. The fraction of sp³-hybridized carbons (Fsp3) is 0.385. The van der Waals surface area contributed by atoms with Crippen molar-refractivity contribution in [1.82, 2.24) is 20.1 Å². The van der Waals surface area contributed by atoms with Crippen molar-refractivity contribution in [1.29, 1.82) is 0 Å². The van der Waals surface area contributed by atoms with Crippen molar-refractivity contribution in [2.45, 2.75) is 13.0 Å². The molecule has 1 aromatic heterocycles. The van der Waals surface area contributed by atoms with E-state index in [-0.39, 0.29) is 0 Å². The first-order valence-corrected chi connectivity index (χ1v) is 6.25. The Morgan fingerprint density at radius 2 is 2.21 bits per heavy atom. The van der Waals surface area contributed by atoms with Crippen LogP contribution < -0.4 is 14.8 Å². The maximum atomic E-state index is 5.34. The van der Waals surface area contributed by atoms with Gasteiger partial charge in [-0.3, -0.25) is 4.68 Å². The van der Waals surface area contributed by atoms with Gasteiger partial charge < -0.3 is 14.8 Å². The normalized spacial score (nSPS) is 12.9. The topological polar surface area (TPSA) is 61.2 Å². The maximum absolute atomic E-state index is 5.34. The van der Waals surface area contributed by atoms with Crippen LogP contribution in [0.15, 0.2) is 24.5 Å². The molecule has 0 saturated heterocycles. The highest BCUT2D eigenvalue weighted by Gasteiger charge is 2.12. The Hall–Kier alpha value is -2.08. The van der Waals surface area contributed by atoms with E-state index in [0.717, 1.165) is 36.8 Å². The Balaban J connectivity index is 1.47. The summed E-state index contributed by atoms with van der Waals surface area (Å²) in [5.41, 5.74) is 1.18. The van der Waals surface area contributed by atoms with Crippen LogP contribution in [0.25, 0.3) is 0 Å². The third-order valence-electron chi connectivity index (χ3n) is 2.94. The Morgan fingerprint density at radius 3 is 3.05 bits per heavy atom. The van der Waals surface area contributed by atoms with Crippen molar-refractivity contribution in [3.05, 3.63) is 35.9 Å². The number of ether oxygens (including phenoxy) is 2. The molecule has 0 radical (unpaired) electrons. The smallest absolute Gasteiger partial charge is 0.231 e. The standard InChI is InChI=1S/C13H16N4O2/c1-17-8-15-13(16-17)4-5-14-7-10-2-3-11-12(6-10)19-9-18-11/h2-3,6,8,14H,4-5,7,9H2,1H3. The number of benzene rings is 1. The lowest BCUT2D eigenvalue weighted by molar-refractivity contribution is 0.174. The van der Waals surface area contributed by atoms with Crippen molar-refractivity contribution < 1.29 is 9.47 Å². The summed E-state index contributed by atoms with van der Waals surface area (Å²) in [6, 6.07) is 5.99. The van der Waals surface area contributed by atoms with Gasteiger partial charge in [-0.2, -0.15) is 5.10 Å². The molecule has 1 N–H and O–H groups in total. The van der Waals surface area contributed by atoms with Crippen molar-refractivity contribution in [2.24, 2.45) is 7.05 Å². The van der Waals surface area contributed by atoms with E-state index in [0.29, 0.717) is 6.79 Å². The van der Waals surface area contributed by atoms with Crippen LogP contribution in [0.4, 0.5) is 0 Å². The lowest BCUT2D eigenvalue weighted by atomic mass is 10.2. The van der Waals surface area contributed by atoms with Crippen molar-refractivity contribution in [3.8, 4) is 11.5 Å². The van der Waals surface area contributed by atoms with E-state index in [1.54, 1.807) is 11.0 Å². The minimum absolute atomic E-state index is 0.317. The number of hydrogen-bond donors (Lipinski definition) is 1. The van der Waals surface area contributed by atoms with Gasteiger partial charge in [-0.1, -0.05) is 6.07 Å². The summed E-state index contributed by atoms with van der Waals surface area (Å²) >= 11 is 0. The van der Waals surface area contributed by atoms with Crippen LogP contribution in [-0.4, -0.2) is 28.1 Å². The summed E-state index contributed by atoms with van der Waals surface area (Å²) in [5.74, 6) is 2.51. The predicted molar refractivity (Wildman–Crippen MR) is 69.0 cm³/mol. The number of nitrogens with one attached hydrogen (secondary N) is 1. The number of aryl methyl sites for hydroxylation is 1. The van der Waals surface area contributed by atoms with Crippen LogP contribution >= 0.6 is 0 Å². The van der Waals surface area contributed by atoms with Crippen LogP contribution in [0.5, 0.6) is 11.5 Å². The van der Waals surface area contributed by atoms with E-state index in [4.69, 9.17) is 9.47 Å². The van der Waals surface area contributed by atoms with E-state index < -0.39 is 0 Å². The van der Waals surface area contributed by atoms with Gasteiger partial charge in [-0.25, -0.2) is 4.98 Å². The lowest BCUT2D eigenvalue weighted by Gasteiger charge is -2.04. The van der Waals surface area contributed by atoms with Crippen molar-refractivity contribution in [3.63, 3.8) is 0 Å². The summed E-state index contributed by atoms with van der Waals surface area (Å²) in [6.45, 7) is 1.96. The van der Waals surface area contributed by atoms with Crippen LogP contribution in [0.3, 0.4) is 0 Å². The first-order chi connectivity index (χ1) is 9.31. The third-order valence-corrected chi connectivity index (χ3v) is 2.94. The van der Waals surface area contributed by atoms with Crippen LogP contribution in [-0.2, 0) is 20.0 Å². The number of nitrogens with zero attached hydrogens (tertiary/aromatic N) is 3. The number of hydrogen-bond acceptors (Lipinski definition) is 5. The van der Waals surface area contributed by atoms with Gasteiger partial charge in [0.2, 0.25) is 6.79 Å².